The topological polar surface area (TPSA) is 88.3 Å². The molecule has 1 atom stereocenters. The van der Waals surface area contributed by atoms with E-state index in [9.17, 15) is 28.1 Å². The molecule has 2 heterocycles. The molecule has 0 fully saturated rings. The number of aryl methyl sites for hydroxylation is 1. The Morgan fingerprint density at radius 3 is 2.42 bits per heavy atom. The van der Waals surface area contributed by atoms with Gasteiger partial charge in [-0.1, -0.05) is 6.07 Å². The van der Waals surface area contributed by atoms with Gasteiger partial charge in [-0.3, -0.25) is 5.10 Å². The normalized spacial score (nSPS) is 16.5. The van der Waals surface area contributed by atoms with Gasteiger partial charge in [-0.05, 0) is 36.8 Å². The van der Waals surface area contributed by atoms with Crippen LogP contribution in [0.25, 0.3) is 16.6 Å². The van der Waals surface area contributed by atoms with Crippen LogP contribution in [-0.2, 0) is 0 Å². The van der Waals surface area contributed by atoms with Crippen LogP contribution in [0.1, 0.15) is 22.7 Å². The monoisotopic (exact) mass is 423 g/mol. The largest absolute Gasteiger partial charge is 0.352 e. The van der Waals surface area contributed by atoms with Gasteiger partial charge in [0.1, 0.15) is 11.6 Å². The molecular formula is C22H13F4N5. The fraction of sp³-hybridized carbons (Fsp3) is 0.136. The molecule has 1 aliphatic heterocycles. The lowest BCUT2D eigenvalue weighted by Gasteiger charge is -2.29. The third-order valence-corrected chi connectivity index (χ3v) is 5.17. The first-order chi connectivity index (χ1) is 14.8. The number of fused-ring (bicyclic) bond motifs is 1. The van der Waals surface area contributed by atoms with Crippen LogP contribution >= 0.6 is 0 Å². The second-order valence-electron chi connectivity index (χ2n) is 6.94. The van der Waals surface area contributed by atoms with Crippen molar-refractivity contribution in [2.75, 3.05) is 0 Å². The number of alkyl halides is 2. The number of H-pyrrole nitrogens is 1. The van der Waals surface area contributed by atoms with E-state index in [4.69, 9.17) is 0 Å². The van der Waals surface area contributed by atoms with Gasteiger partial charge in [0.2, 0.25) is 0 Å². The number of aromatic amines is 1. The Morgan fingerprint density at radius 2 is 1.77 bits per heavy atom. The van der Waals surface area contributed by atoms with E-state index in [2.05, 4.69) is 15.5 Å². The first-order valence-corrected chi connectivity index (χ1v) is 9.09. The summed E-state index contributed by atoms with van der Waals surface area (Å²) in [5.74, 6) is -3.04. The van der Waals surface area contributed by atoms with Crippen molar-refractivity contribution in [3.63, 3.8) is 0 Å². The molecule has 0 aliphatic carbocycles. The first-order valence-electron chi connectivity index (χ1n) is 9.09. The zero-order chi connectivity index (χ0) is 22.3. The van der Waals surface area contributed by atoms with Crippen molar-refractivity contribution in [1.82, 2.24) is 15.5 Å². The minimum absolute atomic E-state index is 0.132. The predicted octanol–water partition coefficient (Wildman–Crippen LogP) is 4.81. The number of hydrogen-bond acceptors (Lipinski definition) is 4. The van der Waals surface area contributed by atoms with Crippen LogP contribution in [0.15, 0.2) is 53.2 Å². The van der Waals surface area contributed by atoms with Crippen molar-refractivity contribution in [3.05, 3.63) is 81.7 Å². The van der Waals surface area contributed by atoms with Crippen molar-refractivity contribution < 1.29 is 17.6 Å². The second-order valence-corrected chi connectivity index (χ2v) is 6.94. The third kappa shape index (κ3) is 3.30. The maximum absolute atomic E-state index is 14.5. The quantitative estimate of drug-likeness (QED) is 0.592. The summed E-state index contributed by atoms with van der Waals surface area (Å²) in [7, 11) is 0. The molecule has 4 rings (SSSR count). The van der Waals surface area contributed by atoms with Gasteiger partial charge < -0.3 is 5.32 Å². The summed E-state index contributed by atoms with van der Waals surface area (Å²) in [5, 5.41) is 29.5. The van der Waals surface area contributed by atoms with Crippen LogP contribution in [0.5, 0.6) is 0 Å². The van der Waals surface area contributed by atoms with Crippen molar-refractivity contribution in [2.45, 2.75) is 19.3 Å². The summed E-state index contributed by atoms with van der Waals surface area (Å²) in [6.07, 6.45) is -3.09. The highest BCUT2D eigenvalue weighted by atomic mass is 19.3. The Hall–Kier alpha value is -4.11. The van der Waals surface area contributed by atoms with E-state index in [0.29, 0.717) is 28.2 Å². The van der Waals surface area contributed by atoms with Gasteiger partial charge in [0.25, 0.3) is 6.43 Å². The highest BCUT2D eigenvalue weighted by Crippen LogP contribution is 2.42. The van der Waals surface area contributed by atoms with E-state index < -0.39 is 29.7 Å². The molecule has 1 aromatic heterocycles. The molecule has 0 radical (unpaired) electrons. The number of aromatic nitrogens is 2. The number of halogens is 4. The third-order valence-electron chi connectivity index (χ3n) is 5.17. The molecule has 3 aromatic rings. The predicted molar refractivity (Wildman–Crippen MR) is 104 cm³/mol. The summed E-state index contributed by atoms with van der Waals surface area (Å²) in [6, 6.07) is 11.2. The van der Waals surface area contributed by atoms with E-state index in [0.717, 1.165) is 12.1 Å². The Morgan fingerprint density at radius 1 is 1.03 bits per heavy atom. The molecule has 2 N–H and O–H groups in total. The van der Waals surface area contributed by atoms with Gasteiger partial charge in [-0.25, -0.2) is 17.6 Å². The van der Waals surface area contributed by atoms with Gasteiger partial charge in [0, 0.05) is 17.0 Å². The van der Waals surface area contributed by atoms with Crippen LogP contribution in [0, 0.1) is 41.2 Å². The maximum atomic E-state index is 14.5. The summed E-state index contributed by atoms with van der Waals surface area (Å²) < 4.78 is 55.6. The zero-order valence-corrected chi connectivity index (χ0v) is 16.0. The number of nitrogens with one attached hydrogen (secondary N) is 2. The van der Waals surface area contributed by atoms with Crippen LogP contribution in [0.2, 0.25) is 0 Å². The molecule has 2 aromatic carbocycles. The van der Waals surface area contributed by atoms with Crippen molar-refractivity contribution in [2.24, 2.45) is 0 Å². The minimum atomic E-state index is -3.09. The van der Waals surface area contributed by atoms with E-state index in [1.54, 1.807) is 31.2 Å². The molecular weight excluding hydrogens is 410 g/mol. The van der Waals surface area contributed by atoms with Crippen LogP contribution < -0.4 is 5.32 Å². The van der Waals surface area contributed by atoms with Crippen LogP contribution in [-0.4, -0.2) is 16.6 Å². The lowest BCUT2D eigenvalue weighted by Crippen LogP contribution is -2.29. The summed E-state index contributed by atoms with van der Waals surface area (Å²) in [4.78, 5) is 0. The number of hydrogen-bond donors (Lipinski definition) is 2. The van der Waals surface area contributed by atoms with Crippen LogP contribution in [0.3, 0.4) is 0 Å². The summed E-state index contributed by atoms with van der Waals surface area (Å²) in [5.41, 5.74) is 0.0416. The highest BCUT2D eigenvalue weighted by molar-refractivity contribution is 5.84. The average molecular weight is 423 g/mol. The first kappa shape index (κ1) is 20.2. The molecule has 154 valence electrons. The van der Waals surface area contributed by atoms with Gasteiger partial charge in [0.05, 0.1) is 51.8 Å². The maximum Gasteiger partial charge on any atom is 0.279 e. The van der Waals surface area contributed by atoms with E-state index in [-0.39, 0.29) is 22.4 Å². The number of rotatable bonds is 3. The van der Waals surface area contributed by atoms with Crippen LogP contribution in [0.4, 0.5) is 17.6 Å². The Balaban J connectivity index is 2.02. The SMILES string of the molecule is Cc1n[nH]c2ccc(C3C(C#N)=C(c4ccc(F)cc4F)NC(C(F)F)=C3C#N)cc12. The van der Waals surface area contributed by atoms with E-state index >= 15 is 0 Å². The Labute approximate surface area is 173 Å². The molecule has 1 unspecified atom stereocenters. The minimum Gasteiger partial charge on any atom is -0.352 e. The van der Waals surface area contributed by atoms with Gasteiger partial charge in [0.15, 0.2) is 0 Å². The molecule has 0 bridgehead atoms. The molecule has 0 spiro atoms. The molecule has 0 amide bonds. The summed E-state index contributed by atoms with van der Waals surface area (Å²) >= 11 is 0. The van der Waals surface area contributed by atoms with Crippen molar-refractivity contribution >= 4 is 16.6 Å². The average Bonchev–Trinajstić information content (AvgIpc) is 3.12. The fourth-order valence-corrected chi connectivity index (χ4v) is 3.71. The molecule has 31 heavy (non-hydrogen) atoms. The van der Waals surface area contributed by atoms with Gasteiger partial charge in [-0.2, -0.15) is 15.6 Å². The summed E-state index contributed by atoms with van der Waals surface area (Å²) in [6.45, 7) is 1.75. The standard InChI is InChI=1S/C22H13F4N5/c1-10-14-6-11(2-5-18(14)31-30-10)19-15(8-27)20(13-4-3-12(23)7-17(13)24)29-21(22(25)26)16(19)9-28/h2-7,19,22,29H,1H3,(H,30,31). The highest BCUT2D eigenvalue weighted by Gasteiger charge is 2.36. The number of benzene rings is 2. The van der Waals surface area contributed by atoms with Crippen molar-refractivity contribution in [1.29, 1.82) is 10.5 Å². The molecule has 0 saturated carbocycles. The number of dihydropyridines is 1. The zero-order valence-electron chi connectivity index (χ0n) is 16.0. The van der Waals surface area contributed by atoms with Gasteiger partial charge >= 0.3 is 0 Å². The van der Waals surface area contributed by atoms with Gasteiger partial charge in [-0.15, -0.1) is 0 Å². The molecule has 5 nitrogen and oxygen atoms in total. The van der Waals surface area contributed by atoms with Crippen molar-refractivity contribution in [3.8, 4) is 12.1 Å². The van der Waals surface area contributed by atoms with E-state index in [1.807, 2.05) is 6.07 Å². The van der Waals surface area contributed by atoms with E-state index in [1.165, 1.54) is 0 Å². The second kappa shape index (κ2) is 7.62. The Bertz CT molecular complexity index is 1350. The number of nitriles is 2. The smallest absolute Gasteiger partial charge is 0.279 e. The fourth-order valence-electron chi connectivity index (χ4n) is 3.71. The molecule has 0 saturated heterocycles. The molecule has 1 aliphatic rings. The molecule has 9 heteroatoms. The Kier molecular flexibility index (Phi) is 4.96. The number of nitrogens with zero attached hydrogens (tertiary/aromatic N) is 3. The lowest BCUT2D eigenvalue weighted by atomic mass is 9.80. The lowest BCUT2D eigenvalue weighted by molar-refractivity contribution is 0.181. The number of allylic oxidation sites excluding steroid dienone is 3.